The Kier molecular flexibility index (Phi) is 9.69. The zero-order valence-electron chi connectivity index (χ0n) is 21.9. The number of nitriles is 1. The van der Waals surface area contributed by atoms with Gasteiger partial charge in [0, 0.05) is 10.7 Å². The summed E-state index contributed by atoms with van der Waals surface area (Å²) in [5.41, 5.74) is 4.03. The predicted molar refractivity (Wildman–Crippen MR) is 158 cm³/mol. The summed E-state index contributed by atoms with van der Waals surface area (Å²) in [7, 11) is 1.50. The Morgan fingerprint density at radius 2 is 1.65 bits per heavy atom. The SMILES string of the molecule is COc1cc(/C=C(\C#N)C(=O)Nc2ccc(OCc3ccc(Cl)cc3)cc2)cc(Cl)c1OCc1cccc(C)c1. The standard InChI is InChI=1S/C32H26Cl2N2O4/c1-21-4-3-5-23(14-21)20-40-31-29(34)16-24(17-30(31)38-2)15-25(18-35)32(37)36-27-10-12-28(13-11-27)39-19-22-6-8-26(33)9-7-22/h3-17H,19-20H2,1-2H3,(H,36,37)/b25-15+. The van der Waals surface area contributed by atoms with Gasteiger partial charge in [-0.15, -0.1) is 0 Å². The number of nitrogens with zero attached hydrogens (tertiary/aromatic N) is 1. The molecule has 0 unspecified atom stereocenters. The van der Waals surface area contributed by atoms with Crippen molar-refractivity contribution in [3.8, 4) is 23.3 Å². The third kappa shape index (κ3) is 7.79. The molecule has 8 heteroatoms. The molecule has 0 heterocycles. The molecule has 4 aromatic carbocycles. The lowest BCUT2D eigenvalue weighted by molar-refractivity contribution is -0.112. The van der Waals surface area contributed by atoms with Gasteiger partial charge in [0.25, 0.3) is 5.91 Å². The highest BCUT2D eigenvalue weighted by atomic mass is 35.5. The molecule has 0 spiro atoms. The van der Waals surface area contributed by atoms with Crippen molar-refractivity contribution < 1.29 is 19.0 Å². The number of anilines is 1. The van der Waals surface area contributed by atoms with Gasteiger partial charge in [-0.3, -0.25) is 4.79 Å². The zero-order chi connectivity index (χ0) is 28.5. The summed E-state index contributed by atoms with van der Waals surface area (Å²) >= 11 is 12.4. The van der Waals surface area contributed by atoms with Gasteiger partial charge in [-0.2, -0.15) is 5.26 Å². The van der Waals surface area contributed by atoms with E-state index in [2.05, 4.69) is 5.32 Å². The van der Waals surface area contributed by atoms with Crippen molar-refractivity contribution in [1.82, 2.24) is 0 Å². The number of halogens is 2. The number of methoxy groups -OCH3 is 1. The van der Waals surface area contributed by atoms with Crippen LogP contribution in [0.5, 0.6) is 17.2 Å². The highest BCUT2D eigenvalue weighted by molar-refractivity contribution is 6.32. The van der Waals surface area contributed by atoms with E-state index in [1.807, 2.05) is 49.4 Å². The summed E-state index contributed by atoms with van der Waals surface area (Å²) in [5.74, 6) is 0.838. The number of benzene rings is 4. The fraction of sp³-hybridized carbons (Fsp3) is 0.125. The van der Waals surface area contributed by atoms with E-state index in [9.17, 15) is 10.1 Å². The van der Waals surface area contributed by atoms with Crippen molar-refractivity contribution in [2.45, 2.75) is 20.1 Å². The molecule has 0 aliphatic carbocycles. The Balaban J connectivity index is 1.41. The maximum absolute atomic E-state index is 12.8. The molecule has 0 radical (unpaired) electrons. The number of hydrogen-bond acceptors (Lipinski definition) is 5. The summed E-state index contributed by atoms with van der Waals surface area (Å²) in [6, 6.07) is 27.4. The van der Waals surface area contributed by atoms with Gasteiger partial charge in [-0.1, -0.05) is 65.2 Å². The van der Waals surface area contributed by atoms with Gasteiger partial charge in [0.2, 0.25) is 0 Å². The zero-order valence-corrected chi connectivity index (χ0v) is 23.4. The fourth-order valence-corrected chi connectivity index (χ4v) is 4.22. The minimum Gasteiger partial charge on any atom is -0.493 e. The number of carbonyl (C=O) groups is 1. The highest BCUT2D eigenvalue weighted by Crippen LogP contribution is 2.37. The Labute approximate surface area is 243 Å². The van der Waals surface area contributed by atoms with Crippen LogP contribution in [-0.4, -0.2) is 13.0 Å². The van der Waals surface area contributed by atoms with E-state index in [1.54, 1.807) is 48.5 Å². The van der Waals surface area contributed by atoms with E-state index >= 15 is 0 Å². The van der Waals surface area contributed by atoms with Crippen LogP contribution in [0.25, 0.3) is 6.08 Å². The molecule has 0 atom stereocenters. The van der Waals surface area contributed by atoms with Crippen molar-refractivity contribution in [2.24, 2.45) is 0 Å². The molecule has 0 saturated heterocycles. The lowest BCUT2D eigenvalue weighted by Crippen LogP contribution is -2.13. The predicted octanol–water partition coefficient (Wildman–Crippen LogP) is 8.01. The van der Waals surface area contributed by atoms with Crippen LogP contribution >= 0.6 is 23.2 Å². The molecule has 0 bridgehead atoms. The van der Waals surface area contributed by atoms with Gasteiger partial charge in [-0.05, 0) is 78.2 Å². The Morgan fingerprint density at radius 3 is 2.33 bits per heavy atom. The summed E-state index contributed by atoms with van der Waals surface area (Å²) < 4.78 is 17.2. The third-order valence-corrected chi connectivity index (χ3v) is 6.36. The maximum atomic E-state index is 12.8. The summed E-state index contributed by atoms with van der Waals surface area (Å²) in [6.07, 6.45) is 1.44. The molecule has 4 aromatic rings. The smallest absolute Gasteiger partial charge is 0.266 e. The van der Waals surface area contributed by atoms with E-state index in [0.717, 1.165) is 16.7 Å². The van der Waals surface area contributed by atoms with E-state index in [1.165, 1.54) is 13.2 Å². The summed E-state index contributed by atoms with van der Waals surface area (Å²) in [4.78, 5) is 12.8. The van der Waals surface area contributed by atoms with Crippen LogP contribution in [0.3, 0.4) is 0 Å². The molecule has 6 nitrogen and oxygen atoms in total. The summed E-state index contributed by atoms with van der Waals surface area (Å²) in [5, 5.41) is 13.4. The van der Waals surface area contributed by atoms with Gasteiger partial charge in [0.05, 0.1) is 12.1 Å². The average molecular weight is 573 g/mol. The molecular formula is C32H26Cl2N2O4. The normalized spacial score (nSPS) is 10.9. The van der Waals surface area contributed by atoms with Gasteiger partial charge in [-0.25, -0.2) is 0 Å². The van der Waals surface area contributed by atoms with Crippen LogP contribution in [0.15, 0.2) is 90.5 Å². The van der Waals surface area contributed by atoms with Crippen molar-refractivity contribution in [2.75, 3.05) is 12.4 Å². The largest absolute Gasteiger partial charge is 0.493 e. The third-order valence-electron chi connectivity index (χ3n) is 5.82. The second-order valence-corrected chi connectivity index (χ2v) is 9.72. The van der Waals surface area contributed by atoms with Gasteiger partial charge in [0.15, 0.2) is 11.5 Å². The van der Waals surface area contributed by atoms with Crippen LogP contribution in [0.4, 0.5) is 5.69 Å². The minimum atomic E-state index is -0.563. The number of aryl methyl sites for hydroxylation is 1. The molecular weight excluding hydrogens is 547 g/mol. The Morgan fingerprint density at radius 1 is 0.925 bits per heavy atom. The molecule has 202 valence electrons. The van der Waals surface area contributed by atoms with E-state index in [-0.39, 0.29) is 5.57 Å². The molecule has 40 heavy (non-hydrogen) atoms. The topological polar surface area (TPSA) is 80.6 Å². The van der Waals surface area contributed by atoms with Gasteiger partial charge < -0.3 is 19.5 Å². The number of nitrogens with one attached hydrogen (secondary N) is 1. The molecule has 0 aliphatic heterocycles. The molecule has 0 fully saturated rings. The van der Waals surface area contributed by atoms with E-state index < -0.39 is 5.91 Å². The van der Waals surface area contributed by atoms with Crippen molar-refractivity contribution >= 4 is 40.9 Å². The maximum Gasteiger partial charge on any atom is 0.266 e. The van der Waals surface area contributed by atoms with Crippen LogP contribution in [-0.2, 0) is 18.0 Å². The molecule has 1 amide bonds. The van der Waals surface area contributed by atoms with Gasteiger partial charge in [0.1, 0.15) is 30.6 Å². The fourth-order valence-electron chi connectivity index (χ4n) is 3.82. The second kappa shape index (κ2) is 13.6. The quantitative estimate of drug-likeness (QED) is 0.154. The van der Waals surface area contributed by atoms with E-state index in [0.29, 0.717) is 51.8 Å². The highest BCUT2D eigenvalue weighted by Gasteiger charge is 2.15. The number of amides is 1. The summed E-state index contributed by atoms with van der Waals surface area (Å²) in [6.45, 7) is 2.70. The Hall–Kier alpha value is -4.44. The number of carbonyl (C=O) groups excluding carboxylic acids is 1. The number of hydrogen-bond donors (Lipinski definition) is 1. The molecule has 0 aliphatic rings. The van der Waals surface area contributed by atoms with Crippen LogP contribution in [0, 0.1) is 18.3 Å². The first-order valence-electron chi connectivity index (χ1n) is 12.3. The second-order valence-electron chi connectivity index (χ2n) is 8.88. The first kappa shape index (κ1) is 28.6. The molecule has 0 saturated carbocycles. The monoisotopic (exact) mass is 572 g/mol. The number of rotatable bonds is 10. The minimum absolute atomic E-state index is 0.102. The molecule has 4 rings (SSSR count). The Bertz CT molecular complexity index is 1560. The number of ether oxygens (including phenoxy) is 3. The molecule has 0 aromatic heterocycles. The lowest BCUT2D eigenvalue weighted by atomic mass is 10.1. The van der Waals surface area contributed by atoms with E-state index in [4.69, 9.17) is 37.4 Å². The van der Waals surface area contributed by atoms with Crippen molar-refractivity contribution in [3.05, 3.63) is 123 Å². The van der Waals surface area contributed by atoms with Crippen molar-refractivity contribution in [3.63, 3.8) is 0 Å². The molecule has 1 N–H and O–H groups in total. The lowest BCUT2D eigenvalue weighted by Gasteiger charge is -2.14. The first-order valence-corrected chi connectivity index (χ1v) is 13.1. The first-order chi connectivity index (χ1) is 19.3. The van der Waals surface area contributed by atoms with Crippen LogP contribution < -0.4 is 19.5 Å². The van der Waals surface area contributed by atoms with Crippen LogP contribution in [0.2, 0.25) is 10.0 Å². The van der Waals surface area contributed by atoms with Crippen molar-refractivity contribution in [1.29, 1.82) is 5.26 Å². The van der Waals surface area contributed by atoms with Crippen LogP contribution in [0.1, 0.15) is 22.3 Å². The van der Waals surface area contributed by atoms with Gasteiger partial charge >= 0.3 is 0 Å². The average Bonchev–Trinajstić information content (AvgIpc) is 2.95.